The Balaban J connectivity index is 1.61. The summed E-state index contributed by atoms with van der Waals surface area (Å²) < 4.78 is 28.6. The Morgan fingerprint density at radius 1 is 0.714 bits per heavy atom. The molecule has 10 atom stereocenters. The fraction of sp³-hybridized carbons (Fsp3) is 0.444. The molecule has 2 aliphatic heterocycles. The van der Waals surface area contributed by atoms with Gasteiger partial charge in [-0.15, -0.1) is 0 Å². The van der Waals surface area contributed by atoms with Crippen LogP contribution in [0.3, 0.4) is 0 Å². The average molecular weight is 596 g/mol. The van der Waals surface area contributed by atoms with Gasteiger partial charge in [0.15, 0.2) is 11.5 Å². The van der Waals surface area contributed by atoms with E-state index in [4.69, 9.17) is 23.4 Å². The van der Waals surface area contributed by atoms with Crippen molar-refractivity contribution in [2.75, 3.05) is 6.61 Å². The molecule has 10 N–H and O–H groups in total. The highest BCUT2D eigenvalue weighted by molar-refractivity contribution is 5.89. The summed E-state index contributed by atoms with van der Waals surface area (Å²) in [6, 6.07) is 7.37. The van der Waals surface area contributed by atoms with Crippen LogP contribution in [0, 0.1) is 0 Å². The van der Waals surface area contributed by atoms with Gasteiger partial charge in [-0.1, -0.05) is 0 Å². The first-order valence-corrected chi connectivity index (χ1v) is 12.9. The SMILES string of the molecule is CC1OC(Oc2cc3c(OC4OC(CO)C(O)C(O)C4O)cc(O)cc3[o+]c2-c2ccc(O)c(O)c2)C(O)C(O)C1O. The lowest BCUT2D eigenvalue weighted by Crippen LogP contribution is -2.60. The van der Waals surface area contributed by atoms with Crippen LogP contribution in [0.2, 0.25) is 0 Å². The van der Waals surface area contributed by atoms with Gasteiger partial charge in [0.05, 0.1) is 24.3 Å². The van der Waals surface area contributed by atoms with E-state index in [0.717, 1.165) is 12.1 Å². The zero-order chi connectivity index (χ0) is 30.5. The Bertz CT molecular complexity index is 1430. The summed E-state index contributed by atoms with van der Waals surface area (Å²) in [6.45, 7) is 0.749. The Hall–Kier alpha value is -3.51. The molecule has 2 fully saturated rings. The molecular weight excluding hydrogens is 564 g/mol. The van der Waals surface area contributed by atoms with Crippen molar-refractivity contribution < 1.29 is 74.4 Å². The number of aromatic hydroxyl groups is 3. The molecule has 2 aliphatic rings. The molecule has 10 unspecified atom stereocenters. The van der Waals surface area contributed by atoms with Crippen molar-refractivity contribution in [2.45, 2.75) is 68.3 Å². The molecule has 0 saturated carbocycles. The van der Waals surface area contributed by atoms with E-state index < -0.39 is 79.5 Å². The van der Waals surface area contributed by atoms with Gasteiger partial charge in [0.1, 0.15) is 59.6 Å². The van der Waals surface area contributed by atoms with Crippen molar-refractivity contribution in [3.05, 3.63) is 36.4 Å². The lowest BCUT2D eigenvalue weighted by molar-refractivity contribution is -0.277. The number of rotatable bonds is 6. The van der Waals surface area contributed by atoms with Crippen LogP contribution >= 0.6 is 0 Å². The molecule has 2 saturated heterocycles. The maximum atomic E-state index is 10.5. The van der Waals surface area contributed by atoms with E-state index in [2.05, 4.69) is 0 Å². The summed E-state index contributed by atoms with van der Waals surface area (Å²) in [6.07, 6.45) is -15.3. The maximum Gasteiger partial charge on any atom is 0.402 e. The summed E-state index contributed by atoms with van der Waals surface area (Å²) >= 11 is 0. The van der Waals surface area contributed by atoms with Gasteiger partial charge in [-0.05, 0) is 19.1 Å². The Morgan fingerprint density at radius 3 is 2.02 bits per heavy atom. The molecule has 3 heterocycles. The fourth-order valence-corrected chi connectivity index (χ4v) is 4.75. The number of aliphatic hydroxyl groups excluding tert-OH is 7. The van der Waals surface area contributed by atoms with Gasteiger partial charge in [0.2, 0.25) is 18.3 Å². The zero-order valence-corrected chi connectivity index (χ0v) is 22.0. The van der Waals surface area contributed by atoms with Crippen LogP contribution in [0.1, 0.15) is 6.92 Å². The third-order valence-electron chi connectivity index (χ3n) is 7.18. The van der Waals surface area contributed by atoms with Crippen LogP contribution in [0.15, 0.2) is 40.8 Å². The van der Waals surface area contributed by atoms with Crippen molar-refractivity contribution in [3.63, 3.8) is 0 Å². The molecule has 228 valence electrons. The van der Waals surface area contributed by atoms with Crippen LogP contribution in [0.5, 0.6) is 28.7 Å². The highest BCUT2D eigenvalue weighted by Gasteiger charge is 2.46. The maximum absolute atomic E-state index is 10.5. The summed E-state index contributed by atoms with van der Waals surface area (Å²) in [5.41, 5.74) is 0.138. The summed E-state index contributed by atoms with van der Waals surface area (Å²) in [7, 11) is 0. The van der Waals surface area contributed by atoms with Crippen molar-refractivity contribution in [2.24, 2.45) is 0 Å². The predicted octanol–water partition coefficient (Wildman–Crippen LogP) is -1.12. The van der Waals surface area contributed by atoms with Crippen molar-refractivity contribution >= 4 is 11.0 Å². The smallest absolute Gasteiger partial charge is 0.402 e. The molecule has 1 aromatic heterocycles. The lowest BCUT2D eigenvalue weighted by Gasteiger charge is -2.39. The normalized spacial score (nSPS) is 33.4. The molecule has 15 heteroatoms. The lowest BCUT2D eigenvalue weighted by atomic mass is 9.99. The van der Waals surface area contributed by atoms with Gasteiger partial charge < -0.3 is 70.0 Å². The largest absolute Gasteiger partial charge is 0.507 e. The van der Waals surface area contributed by atoms with E-state index in [9.17, 15) is 51.1 Å². The first-order valence-electron chi connectivity index (χ1n) is 12.9. The molecule has 2 aromatic carbocycles. The molecule has 0 bridgehead atoms. The Labute approximate surface area is 237 Å². The molecule has 5 rings (SSSR count). The second-order valence-electron chi connectivity index (χ2n) is 10.1. The number of phenols is 3. The number of fused-ring (bicyclic) bond motifs is 1. The van der Waals surface area contributed by atoms with Crippen LogP contribution in [-0.4, -0.2) is 119 Å². The topological polar surface area (TPSA) is 251 Å². The van der Waals surface area contributed by atoms with Crippen molar-refractivity contribution in [3.8, 4) is 40.1 Å². The van der Waals surface area contributed by atoms with Gasteiger partial charge in [-0.3, -0.25) is 0 Å². The number of phenolic OH excluding ortho intramolecular Hbond substituents is 3. The molecule has 0 spiro atoms. The standard InChI is InChI=1S/C27H30O15/c1-9-19(32)21(34)23(36)26(38-9)41-17-7-12-15(39-25(17)10-2-3-13(30)14(31)4-10)5-11(29)6-16(12)40-27-24(37)22(35)20(33)18(8-28)42-27/h2-7,9,18-24,26-28,32-37H,8H2,1H3,(H2-,29,30,31)/p+1. The van der Waals surface area contributed by atoms with Crippen LogP contribution in [0.25, 0.3) is 22.3 Å². The second-order valence-corrected chi connectivity index (χ2v) is 10.1. The van der Waals surface area contributed by atoms with Crippen molar-refractivity contribution in [1.29, 1.82) is 0 Å². The quantitative estimate of drug-likeness (QED) is 0.120. The minimum Gasteiger partial charge on any atom is -0.507 e. The van der Waals surface area contributed by atoms with E-state index in [1.54, 1.807) is 0 Å². The highest BCUT2D eigenvalue weighted by atomic mass is 16.7. The van der Waals surface area contributed by atoms with Crippen LogP contribution in [-0.2, 0) is 9.47 Å². The van der Waals surface area contributed by atoms with Crippen LogP contribution in [0.4, 0.5) is 0 Å². The van der Waals surface area contributed by atoms with Crippen molar-refractivity contribution in [1.82, 2.24) is 0 Å². The Morgan fingerprint density at radius 2 is 1.36 bits per heavy atom. The van der Waals surface area contributed by atoms with Gasteiger partial charge in [0, 0.05) is 18.2 Å². The minimum atomic E-state index is -1.77. The number of benzene rings is 2. The third kappa shape index (κ3) is 5.49. The van der Waals surface area contributed by atoms with E-state index >= 15 is 0 Å². The monoisotopic (exact) mass is 595 g/mol. The summed E-state index contributed by atoms with van der Waals surface area (Å²) in [5, 5.41) is 101. The van der Waals surface area contributed by atoms with E-state index in [-0.39, 0.29) is 39.5 Å². The van der Waals surface area contributed by atoms with E-state index in [1.165, 1.54) is 31.2 Å². The summed E-state index contributed by atoms with van der Waals surface area (Å²) in [5.74, 6) is -1.71. The number of hydrogen-bond donors (Lipinski definition) is 10. The second kappa shape index (κ2) is 11.6. The number of aliphatic hydroxyl groups is 7. The van der Waals surface area contributed by atoms with Gasteiger partial charge in [0.25, 0.3) is 0 Å². The summed E-state index contributed by atoms with van der Waals surface area (Å²) in [4.78, 5) is 0. The van der Waals surface area contributed by atoms with Gasteiger partial charge in [-0.25, -0.2) is 4.42 Å². The number of hydrogen-bond acceptors (Lipinski definition) is 14. The van der Waals surface area contributed by atoms with E-state index in [1.807, 2.05) is 0 Å². The van der Waals surface area contributed by atoms with Crippen LogP contribution < -0.4 is 9.47 Å². The predicted molar refractivity (Wildman–Crippen MR) is 138 cm³/mol. The van der Waals surface area contributed by atoms with Gasteiger partial charge in [-0.2, -0.15) is 0 Å². The molecule has 42 heavy (non-hydrogen) atoms. The first-order chi connectivity index (χ1) is 19.9. The Kier molecular flexibility index (Phi) is 8.30. The molecule has 0 radical (unpaired) electrons. The molecule has 0 aliphatic carbocycles. The molecule has 0 amide bonds. The van der Waals surface area contributed by atoms with E-state index in [0.29, 0.717) is 0 Å². The molecule has 3 aromatic rings. The average Bonchev–Trinajstić information content (AvgIpc) is 2.96. The zero-order valence-electron chi connectivity index (χ0n) is 22.0. The molecule has 15 nitrogen and oxygen atoms in total. The molecular formula is C27H31O15+. The van der Waals surface area contributed by atoms with Gasteiger partial charge >= 0.3 is 11.3 Å². The highest BCUT2D eigenvalue weighted by Crippen LogP contribution is 2.43. The fourth-order valence-electron chi connectivity index (χ4n) is 4.75. The third-order valence-corrected chi connectivity index (χ3v) is 7.18. The number of ether oxygens (including phenoxy) is 4. The first kappa shape index (κ1) is 30.0. The minimum absolute atomic E-state index is 0.0292.